The van der Waals surface area contributed by atoms with Crippen molar-refractivity contribution in [3.63, 3.8) is 0 Å². The summed E-state index contributed by atoms with van der Waals surface area (Å²) in [4.78, 5) is 6.60. The maximum Gasteiger partial charge on any atom is 0.232 e. The molecule has 1 N–H and O–H groups in total. The maximum absolute atomic E-state index is 9.84. The van der Waals surface area contributed by atoms with Gasteiger partial charge in [0, 0.05) is 12.0 Å². The third kappa shape index (κ3) is 3.76. The van der Waals surface area contributed by atoms with Gasteiger partial charge in [-0.15, -0.1) is 0 Å². The zero-order chi connectivity index (χ0) is 14.0. The first-order valence-corrected chi connectivity index (χ1v) is 7.06. The third-order valence-corrected chi connectivity index (χ3v) is 3.69. The van der Waals surface area contributed by atoms with Gasteiger partial charge in [-0.1, -0.05) is 32.3 Å². The van der Waals surface area contributed by atoms with Crippen molar-refractivity contribution in [2.45, 2.75) is 58.1 Å². The number of aliphatic hydroxyl groups is 1. The molecule has 0 amide bonds. The van der Waals surface area contributed by atoms with Gasteiger partial charge >= 0.3 is 0 Å². The van der Waals surface area contributed by atoms with E-state index in [2.05, 4.69) is 35.8 Å². The van der Waals surface area contributed by atoms with E-state index < -0.39 is 0 Å². The highest BCUT2D eigenvalue weighted by molar-refractivity contribution is 4.98. The summed E-state index contributed by atoms with van der Waals surface area (Å²) < 4.78 is 5.28. The van der Waals surface area contributed by atoms with Crippen molar-refractivity contribution in [3.05, 3.63) is 11.7 Å². The van der Waals surface area contributed by atoms with Gasteiger partial charge in [-0.25, -0.2) is 0 Å². The minimum atomic E-state index is -0.141. The average Bonchev–Trinajstić information content (AvgIpc) is 2.88. The smallest absolute Gasteiger partial charge is 0.232 e. The van der Waals surface area contributed by atoms with Gasteiger partial charge in [-0.3, -0.25) is 4.90 Å². The topological polar surface area (TPSA) is 62.4 Å². The van der Waals surface area contributed by atoms with Gasteiger partial charge in [0.25, 0.3) is 0 Å². The second-order valence-corrected chi connectivity index (χ2v) is 6.72. The highest BCUT2D eigenvalue weighted by Crippen LogP contribution is 2.26. The molecule has 0 bridgehead atoms. The Morgan fingerprint density at radius 3 is 2.63 bits per heavy atom. The molecule has 0 spiro atoms. The van der Waals surface area contributed by atoms with Crippen LogP contribution in [0.3, 0.4) is 0 Å². The van der Waals surface area contributed by atoms with E-state index in [1.54, 1.807) is 0 Å². The summed E-state index contributed by atoms with van der Waals surface area (Å²) in [6, 6.07) is 0. The fourth-order valence-electron chi connectivity index (χ4n) is 2.56. The molecule has 108 valence electrons. The number of hydrogen-bond donors (Lipinski definition) is 1. The summed E-state index contributed by atoms with van der Waals surface area (Å²) in [5, 5.41) is 13.9. The van der Waals surface area contributed by atoms with E-state index in [-0.39, 0.29) is 11.5 Å². The van der Waals surface area contributed by atoms with Crippen molar-refractivity contribution >= 4 is 0 Å². The molecule has 0 aromatic carbocycles. The van der Waals surface area contributed by atoms with E-state index in [9.17, 15) is 5.11 Å². The van der Waals surface area contributed by atoms with Gasteiger partial charge in [-0.05, 0) is 25.8 Å². The Bertz CT molecular complexity index is 411. The molecule has 0 saturated heterocycles. The molecule has 1 aromatic rings. The van der Waals surface area contributed by atoms with Crippen LogP contribution in [0.25, 0.3) is 0 Å². The molecule has 0 radical (unpaired) electrons. The molecule has 2 atom stereocenters. The lowest BCUT2D eigenvalue weighted by molar-refractivity contribution is 0.107. The normalized spacial score (nSPS) is 24.3. The Labute approximate surface area is 115 Å². The Balaban J connectivity index is 1.88. The molecule has 1 saturated carbocycles. The third-order valence-electron chi connectivity index (χ3n) is 3.69. The second-order valence-electron chi connectivity index (χ2n) is 6.72. The van der Waals surface area contributed by atoms with E-state index in [4.69, 9.17) is 4.52 Å². The Morgan fingerprint density at radius 2 is 2.11 bits per heavy atom. The number of aromatic nitrogens is 2. The molecule has 19 heavy (non-hydrogen) atoms. The van der Waals surface area contributed by atoms with Crippen LogP contribution in [0.1, 0.15) is 51.7 Å². The molecule has 1 heterocycles. The first-order chi connectivity index (χ1) is 8.86. The summed E-state index contributed by atoms with van der Waals surface area (Å²) >= 11 is 0. The average molecular weight is 267 g/mol. The molecule has 1 aliphatic carbocycles. The van der Waals surface area contributed by atoms with Crippen LogP contribution in [0.15, 0.2) is 4.52 Å². The number of rotatable bonds is 4. The number of nitrogens with zero attached hydrogens (tertiary/aromatic N) is 3. The summed E-state index contributed by atoms with van der Waals surface area (Å²) in [6.07, 6.45) is 3.05. The monoisotopic (exact) mass is 267 g/mol. The lowest BCUT2D eigenvalue weighted by Crippen LogP contribution is -2.29. The Kier molecular flexibility index (Phi) is 4.26. The van der Waals surface area contributed by atoms with E-state index in [0.717, 1.165) is 31.6 Å². The SMILES string of the molecule is CN(Cc1noc(C(C)(C)C)n1)CC1CCCC1O. The second kappa shape index (κ2) is 5.59. The van der Waals surface area contributed by atoms with Crippen LogP contribution in [-0.4, -0.2) is 39.8 Å². The Hall–Kier alpha value is -0.940. The van der Waals surface area contributed by atoms with Gasteiger partial charge in [0.2, 0.25) is 5.89 Å². The van der Waals surface area contributed by atoms with Crippen LogP contribution in [-0.2, 0) is 12.0 Å². The van der Waals surface area contributed by atoms with Crippen molar-refractivity contribution in [2.24, 2.45) is 5.92 Å². The molecule has 0 aliphatic heterocycles. The fraction of sp³-hybridized carbons (Fsp3) is 0.857. The minimum absolute atomic E-state index is 0.106. The lowest BCUT2D eigenvalue weighted by atomic mass is 9.97. The van der Waals surface area contributed by atoms with Crippen LogP contribution in [0, 0.1) is 5.92 Å². The van der Waals surface area contributed by atoms with Gasteiger partial charge in [0.1, 0.15) is 0 Å². The summed E-state index contributed by atoms with van der Waals surface area (Å²) in [6.45, 7) is 7.73. The van der Waals surface area contributed by atoms with Gasteiger partial charge < -0.3 is 9.63 Å². The molecule has 1 aromatic heterocycles. The van der Waals surface area contributed by atoms with Crippen LogP contribution in [0.4, 0.5) is 0 Å². The molecule has 1 aliphatic rings. The predicted octanol–water partition coefficient (Wildman–Crippen LogP) is 1.96. The van der Waals surface area contributed by atoms with Gasteiger partial charge in [-0.2, -0.15) is 4.98 Å². The molecule has 5 nitrogen and oxygen atoms in total. The largest absolute Gasteiger partial charge is 0.393 e. The lowest BCUT2D eigenvalue weighted by Gasteiger charge is -2.21. The van der Waals surface area contributed by atoms with Gasteiger partial charge in [0.05, 0.1) is 12.6 Å². The fourth-order valence-corrected chi connectivity index (χ4v) is 2.56. The first-order valence-electron chi connectivity index (χ1n) is 7.06. The summed E-state index contributed by atoms with van der Waals surface area (Å²) in [5.41, 5.74) is -0.106. The van der Waals surface area contributed by atoms with Gasteiger partial charge in [0.15, 0.2) is 5.82 Å². The van der Waals surface area contributed by atoms with Crippen LogP contribution < -0.4 is 0 Å². The predicted molar refractivity (Wildman–Crippen MR) is 72.7 cm³/mol. The zero-order valence-corrected chi connectivity index (χ0v) is 12.4. The van der Waals surface area contributed by atoms with Crippen molar-refractivity contribution in [2.75, 3.05) is 13.6 Å². The van der Waals surface area contributed by atoms with Crippen molar-refractivity contribution < 1.29 is 9.63 Å². The quantitative estimate of drug-likeness (QED) is 0.903. The zero-order valence-electron chi connectivity index (χ0n) is 12.4. The number of hydrogen-bond acceptors (Lipinski definition) is 5. The van der Waals surface area contributed by atoms with Crippen molar-refractivity contribution in [1.82, 2.24) is 15.0 Å². The Morgan fingerprint density at radius 1 is 1.37 bits per heavy atom. The summed E-state index contributed by atoms with van der Waals surface area (Å²) in [5.74, 6) is 1.79. The molecule has 2 unspecified atom stereocenters. The van der Waals surface area contributed by atoms with E-state index in [1.165, 1.54) is 0 Å². The van der Waals surface area contributed by atoms with Crippen molar-refractivity contribution in [1.29, 1.82) is 0 Å². The van der Waals surface area contributed by atoms with Crippen LogP contribution in [0.2, 0.25) is 0 Å². The molecular weight excluding hydrogens is 242 g/mol. The van der Waals surface area contributed by atoms with E-state index in [1.807, 2.05) is 7.05 Å². The number of aliphatic hydroxyl groups excluding tert-OH is 1. The molecule has 2 rings (SSSR count). The van der Waals surface area contributed by atoms with Crippen LogP contribution in [0.5, 0.6) is 0 Å². The summed E-state index contributed by atoms with van der Waals surface area (Å²) in [7, 11) is 2.04. The highest BCUT2D eigenvalue weighted by atomic mass is 16.5. The molecular formula is C14H25N3O2. The van der Waals surface area contributed by atoms with Crippen LogP contribution >= 0.6 is 0 Å². The first kappa shape index (κ1) is 14.5. The molecule has 1 fully saturated rings. The van der Waals surface area contributed by atoms with E-state index >= 15 is 0 Å². The maximum atomic E-state index is 9.84. The van der Waals surface area contributed by atoms with E-state index in [0.29, 0.717) is 18.4 Å². The van der Waals surface area contributed by atoms with Crippen molar-refractivity contribution in [3.8, 4) is 0 Å². The minimum Gasteiger partial charge on any atom is -0.393 e. The highest BCUT2D eigenvalue weighted by Gasteiger charge is 2.27. The molecule has 5 heteroatoms. The standard InChI is InChI=1S/C14H25N3O2/c1-14(2,3)13-15-12(16-19-13)9-17(4)8-10-6-5-7-11(10)18/h10-11,18H,5-9H2,1-4H3.